The van der Waals surface area contributed by atoms with E-state index in [1.165, 1.54) is 30.9 Å². The number of rotatable bonds is 4. The molecule has 0 radical (unpaired) electrons. The normalized spacial score (nSPS) is 13.8. The van der Waals surface area contributed by atoms with Crippen LogP contribution in [-0.4, -0.2) is 38.1 Å². The molecule has 0 saturated carbocycles. The van der Waals surface area contributed by atoms with Crippen molar-refractivity contribution in [1.29, 1.82) is 0 Å². The van der Waals surface area contributed by atoms with Gasteiger partial charge in [0, 0.05) is 19.0 Å². The molecule has 0 spiro atoms. The highest BCUT2D eigenvalue weighted by Gasteiger charge is 2.44. The Labute approximate surface area is 117 Å². The predicted molar refractivity (Wildman–Crippen MR) is 72.4 cm³/mol. The molecule has 1 aromatic carbocycles. The van der Waals surface area contributed by atoms with E-state index in [0.717, 1.165) is 6.07 Å². The van der Waals surface area contributed by atoms with Crippen LogP contribution in [0, 0.1) is 0 Å². The molecule has 1 atom stereocenters. The summed E-state index contributed by atoms with van der Waals surface area (Å²) >= 11 is 0. The third kappa shape index (κ3) is 2.68. The predicted octanol–water partition coefficient (Wildman–Crippen LogP) is 1.65. The number of carbonyl (C=O) groups is 2. The average molecular weight is 281 g/mol. The molecule has 0 heterocycles. The molecule has 20 heavy (non-hydrogen) atoms. The monoisotopic (exact) mass is 281 g/mol. The number of phenols is 2. The zero-order valence-electron chi connectivity index (χ0n) is 11.9. The highest BCUT2D eigenvalue weighted by Crippen LogP contribution is 2.35. The molecule has 3 N–H and O–H groups in total. The Hall–Kier alpha value is -2.24. The molecular weight excluding hydrogens is 262 g/mol. The topological polar surface area (TPSA) is 98.1 Å². The van der Waals surface area contributed by atoms with Crippen LogP contribution in [-0.2, 0) is 15.1 Å². The van der Waals surface area contributed by atoms with Crippen molar-refractivity contribution in [2.45, 2.75) is 39.3 Å². The van der Waals surface area contributed by atoms with Crippen molar-refractivity contribution in [2.24, 2.45) is 0 Å². The van der Waals surface area contributed by atoms with Crippen LogP contribution in [0.25, 0.3) is 0 Å². The van der Waals surface area contributed by atoms with Gasteiger partial charge in [-0.15, -0.1) is 0 Å². The van der Waals surface area contributed by atoms with Crippen LogP contribution >= 0.6 is 0 Å². The quantitative estimate of drug-likeness (QED) is 0.779. The molecule has 0 aromatic heterocycles. The fourth-order valence-corrected chi connectivity index (χ4v) is 2.44. The van der Waals surface area contributed by atoms with Crippen molar-refractivity contribution in [1.82, 2.24) is 4.90 Å². The molecule has 110 valence electrons. The Morgan fingerprint density at radius 3 is 1.90 bits per heavy atom. The van der Waals surface area contributed by atoms with Crippen LogP contribution in [0.15, 0.2) is 18.2 Å². The number of aliphatic carboxylic acids is 1. The van der Waals surface area contributed by atoms with E-state index in [4.69, 9.17) is 0 Å². The zero-order valence-corrected chi connectivity index (χ0v) is 11.9. The molecule has 6 nitrogen and oxygen atoms in total. The van der Waals surface area contributed by atoms with Crippen LogP contribution in [0.3, 0.4) is 0 Å². The summed E-state index contributed by atoms with van der Waals surface area (Å²) in [7, 11) is 0. The Balaban J connectivity index is 3.55. The minimum absolute atomic E-state index is 0.131. The number of carboxylic acid groups (broad SMARTS) is 1. The van der Waals surface area contributed by atoms with E-state index in [1.807, 2.05) is 0 Å². The number of carboxylic acids is 1. The van der Waals surface area contributed by atoms with Crippen LogP contribution in [0.4, 0.5) is 0 Å². The van der Waals surface area contributed by atoms with Gasteiger partial charge in [-0.25, -0.2) is 4.79 Å². The van der Waals surface area contributed by atoms with Gasteiger partial charge in [-0.2, -0.15) is 0 Å². The van der Waals surface area contributed by atoms with Gasteiger partial charge in [0.25, 0.3) is 0 Å². The Morgan fingerprint density at radius 1 is 1.15 bits per heavy atom. The molecule has 0 aliphatic heterocycles. The van der Waals surface area contributed by atoms with Gasteiger partial charge in [0.05, 0.1) is 0 Å². The van der Waals surface area contributed by atoms with Crippen LogP contribution in [0.1, 0.15) is 33.3 Å². The fraction of sp³-hybridized carbons (Fsp3) is 0.429. The highest BCUT2D eigenvalue weighted by atomic mass is 16.4. The first-order chi connectivity index (χ1) is 9.10. The van der Waals surface area contributed by atoms with Gasteiger partial charge in [0.1, 0.15) is 11.5 Å². The number of hydrogen-bond donors (Lipinski definition) is 3. The first-order valence-electron chi connectivity index (χ1n) is 6.17. The minimum Gasteiger partial charge on any atom is -0.508 e. The maximum atomic E-state index is 11.8. The van der Waals surface area contributed by atoms with Gasteiger partial charge in [-0.3, -0.25) is 4.79 Å². The van der Waals surface area contributed by atoms with E-state index in [9.17, 15) is 24.9 Å². The maximum Gasteiger partial charge on any atom is 0.334 e. The Bertz CT molecular complexity index is 520. The van der Waals surface area contributed by atoms with Gasteiger partial charge in [-0.1, -0.05) is 0 Å². The lowest BCUT2D eigenvalue weighted by atomic mass is 9.88. The van der Waals surface area contributed by atoms with Crippen molar-refractivity contribution in [3.8, 4) is 11.5 Å². The first-order valence-corrected chi connectivity index (χ1v) is 6.17. The second kappa shape index (κ2) is 5.40. The molecule has 0 fully saturated rings. The number of hydrogen-bond acceptors (Lipinski definition) is 4. The summed E-state index contributed by atoms with van der Waals surface area (Å²) in [6, 6.07) is 3.19. The van der Waals surface area contributed by atoms with E-state index in [1.54, 1.807) is 13.8 Å². The zero-order chi connectivity index (χ0) is 15.7. The van der Waals surface area contributed by atoms with Gasteiger partial charge >= 0.3 is 5.97 Å². The van der Waals surface area contributed by atoms with Crippen LogP contribution < -0.4 is 0 Å². The van der Waals surface area contributed by atoms with Crippen molar-refractivity contribution >= 4 is 11.9 Å². The smallest absolute Gasteiger partial charge is 0.334 e. The number of benzene rings is 1. The molecule has 6 heteroatoms. The maximum absolute atomic E-state index is 11.8. The van der Waals surface area contributed by atoms with Crippen LogP contribution in [0.2, 0.25) is 0 Å². The van der Waals surface area contributed by atoms with E-state index in [0.29, 0.717) is 0 Å². The number of carbonyl (C=O) groups excluding carboxylic acids is 1. The summed E-state index contributed by atoms with van der Waals surface area (Å²) in [6.07, 6.45) is 0. The number of aromatic hydroxyl groups is 2. The molecule has 1 aromatic rings. The lowest BCUT2D eigenvalue weighted by Crippen LogP contribution is -2.55. The molecule has 0 bridgehead atoms. The molecular formula is C14H19NO5. The van der Waals surface area contributed by atoms with Crippen molar-refractivity contribution in [3.63, 3.8) is 0 Å². The average Bonchev–Trinajstić information content (AvgIpc) is 2.25. The summed E-state index contributed by atoms with van der Waals surface area (Å²) in [5.74, 6) is -2.18. The van der Waals surface area contributed by atoms with E-state index in [-0.39, 0.29) is 23.1 Å². The summed E-state index contributed by atoms with van der Waals surface area (Å²) in [6.45, 7) is 6.05. The second-order valence-corrected chi connectivity index (χ2v) is 5.10. The van der Waals surface area contributed by atoms with E-state index >= 15 is 0 Å². The van der Waals surface area contributed by atoms with Gasteiger partial charge in [-0.05, 0) is 38.5 Å². The van der Waals surface area contributed by atoms with Crippen molar-refractivity contribution < 1.29 is 24.9 Å². The minimum atomic E-state index is -1.68. The second-order valence-electron chi connectivity index (χ2n) is 5.10. The molecule has 0 saturated heterocycles. The van der Waals surface area contributed by atoms with Crippen molar-refractivity contribution in [2.75, 3.05) is 0 Å². The Morgan fingerprint density at radius 2 is 1.60 bits per heavy atom. The van der Waals surface area contributed by atoms with E-state index in [2.05, 4.69) is 0 Å². The summed E-state index contributed by atoms with van der Waals surface area (Å²) in [5.41, 5.74) is -1.55. The molecule has 1 amide bonds. The standard InChI is InChI=1S/C14H19NO5/c1-8(2)15(9(3)16)14(4,13(19)20)10-5-11(17)7-12(18)6-10/h5-8,17-18H,1-4H3,(H,19,20). The molecule has 1 unspecified atom stereocenters. The summed E-state index contributed by atoms with van der Waals surface area (Å²) < 4.78 is 0. The third-order valence-corrected chi connectivity index (χ3v) is 3.22. The molecule has 0 aliphatic carbocycles. The summed E-state index contributed by atoms with van der Waals surface area (Å²) in [4.78, 5) is 24.8. The number of amides is 1. The lowest BCUT2D eigenvalue weighted by Gasteiger charge is -2.40. The number of phenolic OH excluding ortho intramolecular Hbond substituents is 2. The molecule has 1 rings (SSSR count). The van der Waals surface area contributed by atoms with Gasteiger partial charge in [0.2, 0.25) is 5.91 Å². The van der Waals surface area contributed by atoms with E-state index < -0.39 is 17.4 Å². The van der Waals surface area contributed by atoms with Gasteiger partial charge in [0.15, 0.2) is 5.54 Å². The SMILES string of the molecule is CC(=O)N(C(C)C)C(C)(C(=O)O)c1cc(O)cc(O)c1. The van der Waals surface area contributed by atoms with Crippen LogP contribution in [0.5, 0.6) is 11.5 Å². The summed E-state index contributed by atoms with van der Waals surface area (Å²) in [5, 5.41) is 28.7. The third-order valence-electron chi connectivity index (χ3n) is 3.22. The lowest BCUT2D eigenvalue weighted by molar-refractivity contribution is -0.160. The first kappa shape index (κ1) is 15.8. The fourth-order valence-electron chi connectivity index (χ4n) is 2.44. The highest BCUT2D eigenvalue weighted by molar-refractivity contribution is 5.87. The largest absolute Gasteiger partial charge is 0.508 e. The van der Waals surface area contributed by atoms with Gasteiger partial charge < -0.3 is 20.2 Å². The number of nitrogens with zero attached hydrogens (tertiary/aromatic N) is 1. The van der Waals surface area contributed by atoms with Crippen molar-refractivity contribution in [3.05, 3.63) is 23.8 Å². The molecule has 0 aliphatic rings. The Kier molecular flexibility index (Phi) is 4.27.